The molecule has 6 heteroatoms. The fourth-order valence-corrected chi connectivity index (χ4v) is 2.69. The Labute approximate surface area is 122 Å². The maximum atomic E-state index is 11.4. The van der Waals surface area contributed by atoms with Gasteiger partial charge >= 0.3 is 5.97 Å². The Kier molecular flexibility index (Phi) is 5.03. The third-order valence-corrected chi connectivity index (χ3v) is 3.88. The van der Waals surface area contributed by atoms with Crippen molar-refractivity contribution >= 4 is 23.4 Å². The van der Waals surface area contributed by atoms with Crippen LogP contribution in [0.3, 0.4) is 0 Å². The van der Waals surface area contributed by atoms with Gasteiger partial charge in [0, 0.05) is 23.9 Å². The number of aromatic nitrogens is 2. The molecule has 0 amide bonds. The number of ether oxygens (including phenoxy) is 1. The number of nitrogens with zero attached hydrogens (tertiary/aromatic N) is 2. The third kappa shape index (κ3) is 3.74. The predicted octanol–water partition coefficient (Wildman–Crippen LogP) is 1.77. The van der Waals surface area contributed by atoms with E-state index in [-0.39, 0.29) is 5.97 Å². The first-order valence-electron chi connectivity index (χ1n) is 6.54. The Morgan fingerprint density at radius 3 is 3.05 bits per heavy atom. The van der Waals surface area contributed by atoms with Gasteiger partial charge in [-0.25, -0.2) is 4.98 Å². The number of nitrogens with two attached hydrogens (primary N) is 1. The van der Waals surface area contributed by atoms with E-state index in [0.717, 1.165) is 17.1 Å². The Morgan fingerprint density at radius 2 is 2.30 bits per heavy atom. The largest absolute Gasteiger partial charge is 0.465 e. The van der Waals surface area contributed by atoms with Crippen LogP contribution >= 0.6 is 11.8 Å². The lowest BCUT2D eigenvalue weighted by Gasteiger charge is -2.09. The summed E-state index contributed by atoms with van der Waals surface area (Å²) < 4.78 is 6.88. The van der Waals surface area contributed by atoms with Crippen molar-refractivity contribution in [3.05, 3.63) is 35.8 Å². The maximum absolute atomic E-state index is 11.4. The molecular formula is C14H19N3O2S. The van der Waals surface area contributed by atoms with E-state index in [0.29, 0.717) is 12.4 Å². The molecule has 0 saturated carbocycles. The number of hydrogen-bond donors (Lipinski definition) is 1. The molecular weight excluding hydrogens is 274 g/mol. The molecule has 1 unspecified atom stereocenters. The molecule has 2 aromatic rings. The van der Waals surface area contributed by atoms with Gasteiger partial charge in [-0.1, -0.05) is 6.07 Å². The smallest absolute Gasteiger partial charge is 0.323 e. The number of aryl methyl sites for hydroxylation is 1. The number of thioether (sulfide) groups is 1. The van der Waals surface area contributed by atoms with Crippen LogP contribution in [0, 0.1) is 6.92 Å². The van der Waals surface area contributed by atoms with E-state index in [9.17, 15) is 4.79 Å². The molecule has 2 heterocycles. The summed E-state index contributed by atoms with van der Waals surface area (Å²) >= 11 is 1.59. The fourth-order valence-electron chi connectivity index (χ4n) is 1.83. The van der Waals surface area contributed by atoms with Crippen molar-refractivity contribution in [1.82, 2.24) is 9.38 Å². The molecule has 2 aromatic heterocycles. The lowest BCUT2D eigenvalue weighted by Crippen LogP contribution is -2.34. The maximum Gasteiger partial charge on any atom is 0.323 e. The van der Waals surface area contributed by atoms with Crippen molar-refractivity contribution in [3.8, 4) is 0 Å². The predicted molar refractivity (Wildman–Crippen MR) is 80.7 cm³/mol. The Hall–Kier alpha value is -1.53. The number of rotatable bonds is 6. The molecule has 0 bridgehead atoms. The number of esters is 1. The number of hydrogen-bond acceptors (Lipinski definition) is 5. The third-order valence-electron chi connectivity index (χ3n) is 2.79. The van der Waals surface area contributed by atoms with Crippen LogP contribution in [-0.4, -0.2) is 33.8 Å². The fraction of sp³-hybridized carbons (Fsp3) is 0.429. The van der Waals surface area contributed by atoms with Crippen molar-refractivity contribution < 1.29 is 9.53 Å². The molecule has 108 valence electrons. The summed E-state index contributed by atoms with van der Waals surface area (Å²) in [7, 11) is 0. The van der Waals surface area contributed by atoms with Crippen LogP contribution in [0.2, 0.25) is 0 Å². The monoisotopic (exact) mass is 293 g/mol. The average molecular weight is 293 g/mol. The van der Waals surface area contributed by atoms with Gasteiger partial charge in [0.15, 0.2) is 0 Å². The van der Waals surface area contributed by atoms with Crippen molar-refractivity contribution in [2.24, 2.45) is 5.73 Å². The van der Waals surface area contributed by atoms with Gasteiger partial charge < -0.3 is 14.9 Å². The Morgan fingerprint density at radius 1 is 1.50 bits per heavy atom. The van der Waals surface area contributed by atoms with E-state index < -0.39 is 6.04 Å². The van der Waals surface area contributed by atoms with Gasteiger partial charge in [-0.3, -0.25) is 4.79 Å². The number of carbonyl (C=O) groups is 1. The van der Waals surface area contributed by atoms with E-state index in [2.05, 4.69) is 4.98 Å². The second-order valence-corrected chi connectivity index (χ2v) is 5.61. The van der Waals surface area contributed by atoms with Gasteiger partial charge in [0.2, 0.25) is 0 Å². The highest BCUT2D eigenvalue weighted by Gasteiger charge is 2.14. The molecule has 1 atom stereocenters. The normalized spacial score (nSPS) is 12.6. The molecule has 0 spiro atoms. The number of fused-ring (bicyclic) bond motifs is 1. The van der Waals surface area contributed by atoms with E-state index in [4.69, 9.17) is 10.5 Å². The molecule has 0 aromatic carbocycles. The quantitative estimate of drug-likeness (QED) is 0.822. The van der Waals surface area contributed by atoms with Crippen molar-refractivity contribution in [1.29, 1.82) is 0 Å². The summed E-state index contributed by atoms with van der Waals surface area (Å²) in [4.78, 5) is 15.9. The molecule has 0 aliphatic carbocycles. The zero-order chi connectivity index (χ0) is 14.5. The van der Waals surface area contributed by atoms with Gasteiger partial charge in [-0.05, 0) is 25.5 Å². The summed E-state index contributed by atoms with van der Waals surface area (Å²) in [6, 6.07) is 3.46. The van der Waals surface area contributed by atoms with Crippen molar-refractivity contribution in [2.45, 2.75) is 25.6 Å². The molecule has 0 fully saturated rings. The average Bonchev–Trinajstić information content (AvgIpc) is 2.80. The summed E-state index contributed by atoms with van der Waals surface area (Å²) in [6.45, 7) is 4.19. The van der Waals surface area contributed by atoms with Crippen LogP contribution in [0.4, 0.5) is 0 Å². The molecule has 0 aliphatic rings. The summed E-state index contributed by atoms with van der Waals surface area (Å²) in [6.07, 6.45) is 4.05. The van der Waals surface area contributed by atoms with Crippen LogP contribution in [0.5, 0.6) is 0 Å². The topological polar surface area (TPSA) is 69.6 Å². The van der Waals surface area contributed by atoms with Crippen molar-refractivity contribution in [2.75, 3.05) is 12.4 Å². The molecule has 0 radical (unpaired) electrons. The second-order valence-electron chi connectivity index (χ2n) is 4.58. The summed E-state index contributed by atoms with van der Waals surface area (Å²) in [5, 5.41) is 0. The Balaban J connectivity index is 1.88. The minimum absolute atomic E-state index is 0.342. The highest BCUT2D eigenvalue weighted by molar-refractivity contribution is 7.98. The van der Waals surface area contributed by atoms with Crippen LogP contribution < -0.4 is 5.73 Å². The molecule has 0 saturated heterocycles. The first-order chi connectivity index (χ1) is 9.60. The molecule has 20 heavy (non-hydrogen) atoms. The van der Waals surface area contributed by atoms with Crippen LogP contribution in [0.15, 0.2) is 24.5 Å². The SMILES string of the molecule is CCOC(=O)C(N)CSCc1cn2cc(C)ccc2n1. The highest BCUT2D eigenvalue weighted by atomic mass is 32.2. The van der Waals surface area contributed by atoms with E-state index in [1.54, 1.807) is 18.7 Å². The second kappa shape index (κ2) is 6.76. The first kappa shape index (κ1) is 14.9. The zero-order valence-corrected chi connectivity index (χ0v) is 12.5. The molecule has 2 N–H and O–H groups in total. The van der Waals surface area contributed by atoms with Gasteiger partial charge in [0.1, 0.15) is 11.7 Å². The highest BCUT2D eigenvalue weighted by Crippen LogP contribution is 2.14. The Bertz CT molecular complexity index is 597. The minimum atomic E-state index is -0.570. The summed E-state index contributed by atoms with van der Waals surface area (Å²) in [5.74, 6) is 0.921. The van der Waals surface area contributed by atoms with Gasteiger partial charge in [-0.2, -0.15) is 11.8 Å². The van der Waals surface area contributed by atoms with Crippen LogP contribution in [0.1, 0.15) is 18.2 Å². The number of pyridine rings is 1. The zero-order valence-electron chi connectivity index (χ0n) is 11.7. The van der Waals surface area contributed by atoms with Gasteiger partial charge in [0.25, 0.3) is 0 Å². The lowest BCUT2D eigenvalue weighted by molar-refractivity contribution is -0.144. The van der Waals surface area contributed by atoms with Gasteiger partial charge in [0.05, 0.1) is 12.3 Å². The van der Waals surface area contributed by atoms with Crippen LogP contribution in [-0.2, 0) is 15.3 Å². The standard InChI is InChI=1S/C14H19N3O2S/c1-3-19-14(18)12(15)9-20-8-11-7-17-6-10(2)4-5-13(17)16-11/h4-7,12H,3,8-9,15H2,1-2H3. The van der Waals surface area contributed by atoms with Gasteiger partial charge in [-0.15, -0.1) is 0 Å². The first-order valence-corrected chi connectivity index (χ1v) is 7.70. The molecule has 0 aliphatic heterocycles. The van der Waals surface area contributed by atoms with E-state index >= 15 is 0 Å². The lowest BCUT2D eigenvalue weighted by atomic mass is 10.3. The summed E-state index contributed by atoms with van der Waals surface area (Å²) in [5.41, 5.74) is 8.85. The molecule has 5 nitrogen and oxygen atoms in total. The number of imidazole rings is 1. The van der Waals surface area contributed by atoms with E-state index in [1.165, 1.54) is 5.56 Å². The van der Waals surface area contributed by atoms with Crippen LogP contribution in [0.25, 0.3) is 5.65 Å². The van der Waals surface area contributed by atoms with Crippen molar-refractivity contribution in [3.63, 3.8) is 0 Å². The minimum Gasteiger partial charge on any atom is -0.465 e. The number of carbonyl (C=O) groups excluding carboxylic acids is 1. The molecule has 2 rings (SSSR count). The van der Waals surface area contributed by atoms with E-state index in [1.807, 2.05) is 35.9 Å².